The molecule has 0 bridgehead atoms. The zero-order chi connectivity index (χ0) is 16.8. The van der Waals surface area contributed by atoms with Gasteiger partial charge in [0.15, 0.2) is 0 Å². The van der Waals surface area contributed by atoms with Gasteiger partial charge in [0, 0.05) is 0 Å². The molecule has 0 saturated heterocycles. The van der Waals surface area contributed by atoms with Crippen molar-refractivity contribution in [2.75, 3.05) is 12.4 Å². The number of carbonyl (C=O) groups is 1. The van der Waals surface area contributed by atoms with Crippen LogP contribution in [0, 0.1) is 0 Å². The van der Waals surface area contributed by atoms with Gasteiger partial charge in [0.05, 0.1) is 18.8 Å². The molecule has 0 radical (unpaired) electrons. The number of benzene rings is 2. The summed E-state index contributed by atoms with van der Waals surface area (Å²) in [5.74, 6) is 0.245. The third-order valence-corrected chi connectivity index (χ3v) is 3.44. The molecule has 2 aromatic rings. The van der Waals surface area contributed by atoms with Gasteiger partial charge in [-0.1, -0.05) is 36.4 Å². The highest BCUT2D eigenvalue weighted by atomic mass is 16.5. The third-order valence-electron chi connectivity index (χ3n) is 3.44. The van der Waals surface area contributed by atoms with E-state index >= 15 is 0 Å². The maximum Gasteiger partial charge on any atom is 0.488 e. The number of hydrogen-bond donors (Lipinski definition) is 4. The molecule has 2 aromatic carbocycles. The predicted octanol–water partition coefficient (Wildman–Crippen LogP) is -0.117. The lowest BCUT2D eigenvalue weighted by Gasteiger charge is -2.14. The Balaban J connectivity index is 1.99. The molecule has 0 aliphatic heterocycles. The van der Waals surface area contributed by atoms with Gasteiger partial charge in [-0.3, -0.25) is 4.79 Å². The summed E-state index contributed by atoms with van der Waals surface area (Å²) in [5.41, 5.74) is 7.72. The molecule has 7 heteroatoms. The number of anilines is 1. The van der Waals surface area contributed by atoms with Crippen molar-refractivity contribution in [3.8, 4) is 5.75 Å². The Kier molecular flexibility index (Phi) is 5.75. The van der Waals surface area contributed by atoms with Crippen molar-refractivity contribution in [2.24, 2.45) is 5.73 Å². The Morgan fingerprint density at radius 2 is 1.87 bits per heavy atom. The highest BCUT2D eigenvalue weighted by Gasteiger charge is 2.16. The first kappa shape index (κ1) is 17.0. The summed E-state index contributed by atoms with van der Waals surface area (Å²) in [7, 11) is 0.0220. The fourth-order valence-corrected chi connectivity index (χ4v) is 2.15. The van der Waals surface area contributed by atoms with Gasteiger partial charge in [-0.25, -0.2) is 0 Å². The van der Waals surface area contributed by atoms with E-state index in [1.165, 1.54) is 7.11 Å². The molecule has 0 spiro atoms. The van der Waals surface area contributed by atoms with Crippen molar-refractivity contribution < 1.29 is 19.6 Å². The number of hydrogen-bond acceptors (Lipinski definition) is 5. The average molecular weight is 314 g/mol. The Labute approximate surface area is 135 Å². The van der Waals surface area contributed by atoms with Crippen LogP contribution in [0.1, 0.15) is 5.56 Å². The minimum absolute atomic E-state index is 0.319. The lowest BCUT2D eigenvalue weighted by Crippen LogP contribution is -2.37. The molecule has 5 N–H and O–H groups in total. The molecule has 0 saturated carbocycles. The van der Waals surface area contributed by atoms with Gasteiger partial charge in [-0.2, -0.15) is 0 Å². The van der Waals surface area contributed by atoms with Crippen LogP contribution in [0.4, 0.5) is 5.69 Å². The smallest absolute Gasteiger partial charge is 0.488 e. The minimum atomic E-state index is -1.51. The number of carbonyl (C=O) groups excluding carboxylic acids is 1. The molecule has 0 aromatic heterocycles. The van der Waals surface area contributed by atoms with Gasteiger partial charge in [-0.05, 0) is 29.6 Å². The second-order valence-corrected chi connectivity index (χ2v) is 5.12. The molecule has 0 unspecified atom stereocenters. The summed E-state index contributed by atoms with van der Waals surface area (Å²) < 4.78 is 5.18. The first-order valence-corrected chi connectivity index (χ1v) is 7.15. The molecule has 0 heterocycles. The molecular formula is C16H19BN2O4. The molecular weight excluding hydrogens is 295 g/mol. The standard InChI is InChI=1S/C16H19BN2O4/c1-23-15-5-3-2-4-14(15)19-16(20)13(18)10-11-6-8-12(9-7-11)17(21)22/h2-9,13,21-22H,10,18H2,1H3,(H,19,20)/t13-/m0/s1. The molecule has 1 atom stereocenters. The van der Waals surface area contributed by atoms with Crippen LogP contribution in [0.3, 0.4) is 0 Å². The summed E-state index contributed by atoms with van der Waals surface area (Å²) in [5, 5.41) is 20.8. The van der Waals surface area contributed by atoms with E-state index in [-0.39, 0.29) is 5.91 Å². The van der Waals surface area contributed by atoms with Crippen LogP contribution < -0.4 is 21.3 Å². The Morgan fingerprint density at radius 3 is 2.48 bits per heavy atom. The number of para-hydroxylation sites is 2. The number of methoxy groups -OCH3 is 1. The largest absolute Gasteiger partial charge is 0.495 e. The number of rotatable bonds is 6. The second-order valence-electron chi connectivity index (χ2n) is 5.12. The molecule has 1 amide bonds. The van der Waals surface area contributed by atoms with E-state index in [1.807, 2.05) is 6.07 Å². The lowest BCUT2D eigenvalue weighted by molar-refractivity contribution is -0.117. The van der Waals surface area contributed by atoms with Crippen molar-refractivity contribution in [1.82, 2.24) is 0 Å². The Bertz CT molecular complexity index is 661. The van der Waals surface area contributed by atoms with Crippen molar-refractivity contribution in [2.45, 2.75) is 12.5 Å². The molecule has 120 valence electrons. The predicted molar refractivity (Wildman–Crippen MR) is 89.6 cm³/mol. The van der Waals surface area contributed by atoms with Gasteiger partial charge >= 0.3 is 7.12 Å². The SMILES string of the molecule is COc1ccccc1NC(=O)[C@@H](N)Cc1ccc(B(O)O)cc1. The van der Waals surface area contributed by atoms with Crippen LogP contribution in [0.15, 0.2) is 48.5 Å². The normalized spacial score (nSPS) is 11.7. The van der Waals surface area contributed by atoms with Crippen molar-refractivity contribution in [1.29, 1.82) is 0 Å². The zero-order valence-electron chi connectivity index (χ0n) is 12.8. The van der Waals surface area contributed by atoms with Crippen LogP contribution in [-0.4, -0.2) is 36.2 Å². The fourth-order valence-electron chi connectivity index (χ4n) is 2.15. The first-order chi connectivity index (χ1) is 11.0. The minimum Gasteiger partial charge on any atom is -0.495 e. The maximum atomic E-state index is 12.2. The molecule has 6 nitrogen and oxygen atoms in total. The van der Waals surface area contributed by atoms with Crippen LogP contribution in [0.2, 0.25) is 0 Å². The Morgan fingerprint density at radius 1 is 1.22 bits per heavy atom. The Hall–Kier alpha value is -2.35. The van der Waals surface area contributed by atoms with Crippen LogP contribution in [0.25, 0.3) is 0 Å². The fraction of sp³-hybridized carbons (Fsp3) is 0.188. The quantitative estimate of drug-likeness (QED) is 0.557. The van der Waals surface area contributed by atoms with E-state index in [9.17, 15) is 4.79 Å². The van der Waals surface area contributed by atoms with Crippen LogP contribution in [-0.2, 0) is 11.2 Å². The number of nitrogens with one attached hydrogen (secondary N) is 1. The number of ether oxygens (including phenoxy) is 1. The summed E-state index contributed by atoms with van der Waals surface area (Å²) in [4.78, 5) is 12.2. The topological polar surface area (TPSA) is 105 Å². The highest BCUT2D eigenvalue weighted by Crippen LogP contribution is 2.23. The maximum absolute atomic E-state index is 12.2. The highest BCUT2D eigenvalue weighted by molar-refractivity contribution is 6.58. The van der Waals surface area contributed by atoms with Gasteiger partial charge in [0.25, 0.3) is 0 Å². The molecule has 0 aliphatic carbocycles. The molecule has 2 rings (SSSR count). The van der Waals surface area contributed by atoms with Gasteiger partial charge in [0.1, 0.15) is 5.75 Å². The van der Waals surface area contributed by atoms with Crippen molar-refractivity contribution in [3.63, 3.8) is 0 Å². The first-order valence-electron chi connectivity index (χ1n) is 7.15. The number of nitrogens with two attached hydrogens (primary N) is 1. The van der Waals surface area contributed by atoms with E-state index in [1.54, 1.807) is 42.5 Å². The van der Waals surface area contributed by atoms with E-state index in [4.69, 9.17) is 20.5 Å². The van der Waals surface area contributed by atoms with Crippen LogP contribution in [0.5, 0.6) is 5.75 Å². The van der Waals surface area contributed by atoms with Crippen molar-refractivity contribution in [3.05, 3.63) is 54.1 Å². The lowest BCUT2D eigenvalue weighted by atomic mass is 9.80. The summed E-state index contributed by atoms with van der Waals surface area (Å²) >= 11 is 0. The molecule has 23 heavy (non-hydrogen) atoms. The van der Waals surface area contributed by atoms with Crippen LogP contribution >= 0.6 is 0 Å². The summed E-state index contributed by atoms with van der Waals surface area (Å²) in [6.07, 6.45) is 0.336. The summed E-state index contributed by atoms with van der Waals surface area (Å²) in [6.45, 7) is 0. The van der Waals surface area contributed by atoms with Gasteiger partial charge in [0.2, 0.25) is 5.91 Å². The zero-order valence-corrected chi connectivity index (χ0v) is 12.8. The molecule has 0 fully saturated rings. The van der Waals surface area contributed by atoms with E-state index in [2.05, 4.69) is 5.32 Å². The van der Waals surface area contributed by atoms with E-state index in [0.717, 1.165) is 5.56 Å². The molecule has 0 aliphatic rings. The van der Waals surface area contributed by atoms with E-state index < -0.39 is 13.2 Å². The monoisotopic (exact) mass is 314 g/mol. The third kappa shape index (κ3) is 4.56. The average Bonchev–Trinajstić information content (AvgIpc) is 2.55. The number of amides is 1. The van der Waals surface area contributed by atoms with Gasteiger partial charge in [-0.15, -0.1) is 0 Å². The van der Waals surface area contributed by atoms with Gasteiger partial charge < -0.3 is 25.8 Å². The van der Waals surface area contributed by atoms with E-state index in [0.29, 0.717) is 23.3 Å². The summed E-state index contributed by atoms with van der Waals surface area (Å²) in [6, 6.07) is 13.0. The van der Waals surface area contributed by atoms with Crippen molar-refractivity contribution >= 4 is 24.2 Å². The second kappa shape index (κ2) is 7.78.